The van der Waals surface area contributed by atoms with Crippen LogP contribution in [0.3, 0.4) is 0 Å². The van der Waals surface area contributed by atoms with Crippen LogP contribution in [0.4, 0.5) is 5.69 Å². The van der Waals surface area contributed by atoms with Crippen LogP contribution in [-0.2, 0) is 16.1 Å². The van der Waals surface area contributed by atoms with E-state index in [9.17, 15) is 9.59 Å². The number of ether oxygens (including phenoxy) is 2. The molecule has 1 saturated heterocycles. The van der Waals surface area contributed by atoms with Crippen LogP contribution >= 0.6 is 12.2 Å². The second-order valence-corrected chi connectivity index (χ2v) is 7.18. The Labute approximate surface area is 181 Å². The van der Waals surface area contributed by atoms with Gasteiger partial charge in [0.25, 0.3) is 5.91 Å². The molecule has 0 aromatic heterocycles. The Morgan fingerprint density at radius 2 is 1.63 bits per heavy atom. The number of methoxy groups -OCH3 is 2. The molecule has 158 valence electrons. The molecule has 1 aliphatic heterocycles. The molecule has 7 nitrogen and oxygen atoms in total. The van der Waals surface area contributed by atoms with Crippen molar-refractivity contribution in [2.24, 2.45) is 0 Å². The molecule has 0 saturated carbocycles. The van der Waals surface area contributed by atoms with E-state index >= 15 is 0 Å². The Hall–Kier alpha value is -3.13. The molecule has 0 bridgehead atoms. The third-order valence-corrected chi connectivity index (χ3v) is 5.31. The summed E-state index contributed by atoms with van der Waals surface area (Å²) in [5, 5.41) is 3.55. The second-order valence-electron chi connectivity index (χ2n) is 6.80. The smallest absolute Gasteiger partial charge is 0.257 e. The molecule has 30 heavy (non-hydrogen) atoms. The van der Waals surface area contributed by atoms with Crippen molar-refractivity contribution in [1.29, 1.82) is 0 Å². The zero-order valence-electron chi connectivity index (χ0n) is 17.3. The van der Waals surface area contributed by atoms with E-state index in [2.05, 4.69) is 5.32 Å². The lowest BCUT2D eigenvalue weighted by atomic mass is 10.1. The summed E-state index contributed by atoms with van der Waals surface area (Å²) in [6, 6.07) is 13.7. The maximum atomic E-state index is 13.2. The molecule has 1 heterocycles. The highest BCUT2D eigenvalue weighted by Gasteiger charge is 2.43. The largest absolute Gasteiger partial charge is 0.497 e. The number of carbonyl (C=O) groups is 2. The van der Waals surface area contributed by atoms with E-state index in [-0.39, 0.29) is 18.2 Å². The number of nitrogens with one attached hydrogen (secondary N) is 1. The van der Waals surface area contributed by atoms with E-state index in [1.807, 2.05) is 31.2 Å². The van der Waals surface area contributed by atoms with Crippen molar-refractivity contribution >= 4 is 34.8 Å². The fraction of sp³-hybridized carbons (Fsp3) is 0.318. The minimum atomic E-state index is -0.673. The van der Waals surface area contributed by atoms with Crippen molar-refractivity contribution in [3.8, 4) is 11.5 Å². The van der Waals surface area contributed by atoms with E-state index in [0.29, 0.717) is 29.6 Å². The standard InChI is InChI=1S/C22H25N3O4S/c1-4-23-22(30)24(14-15-5-9-17(28-2)10-6-15)19-13-20(26)25(21(19)27)16-7-11-18(29-3)12-8-16/h5-12,19H,4,13-14H2,1-3H3,(H,23,30). The topological polar surface area (TPSA) is 71.1 Å². The van der Waals surface area contributed by atoms with Crippen LogP contribution < -0.4 is 19.7 Å². The van der Waals surface area contributed by atoms with Gasteiger partial charge in [-0.15, -0.1) is 0 Å². The quantitative estimate of drug-likeness (QED) is 0.538. The van der Waals surface area contributed by atoms with Crippen molar-refractivity contribution in [2.45, 2.75) is 25.9 Å². The SMILES string of the molecule is CCNC(=S)N(Cc1ccc(OC)cc1)C1CC(=O)N(c2ccc(OC)cc2)C1=O. The molecular formula is C22H25N3O4S. The highest BCUT2D eigenvalue weighted by Crippen LogP contribution is 2.28. The van der Waals surface area contributed by atoms with Crippen LogP contribution in [0.1, 0.15) is 18.9 Å². The maximum absolute atomic E-state index is 13.2. The number of nitrogens with zero attached hydrogens (tertiary/aromatic N) is 2. The summed E-state index contributed by atoms with van der Waals surface area (Å²) in [5.74, 6) is 0.856. The van der Waals surface area contributed by atoms with Crippen molar-refractivity contribution in [3.05, 3.63) is 54.1 Å². The predicted molar refractivity (Wildman–Crippen MR) is 119 cm³/mol. The molecule has 2 aromatic rings. The van der Waals surface area contributed by atoms with Gasteiger partial charge < -0.3 is 19.7 Å². The number of anilines is 1. The molecule has 2 amide bonds. The summed E-state index contributed by atoms with van der Waals surface area (Å²) in [5.41, 5.74) is 1.48. The second kappa shape index (κ2) is 9.58. The van der Waals surface area contributed by atoms with Crippen LogP contribution in [0.2, 0.25) is 0 Å². The Balaban J connectivity index is 1.85. The Kier molecular flexibility index (Phi) is 6.89. The third-order valence-electron chi connectivity index (χ3n) is 4.93. The molecule has 0 aliphatic carbocycles. The molecule has 1 N–H and O–H groups in total. The number of carbonyl (C=O) groups excluding carboxylic acids is 2. The van der Waals surface area contributed by atoms with Gasteiger partial charge in [0.2, 0.25) is 5.91 Å². The molecule has 3 rings (SSSR count). The van der Waals surface area contributed by atoms with Crippen molar-refractivity contribution in [2.75, 3.05) is 25.7 Å². The van der Waals surface area contributed by atoms with Gasteiger partial charge in [0.1, 0.15) is 17.5 Å². The fourth-order valence-electron chi connectivity index (χ4n) is 3.37. The number of hydrogen-bond donors (Lipinski definition) is 1. The van der Waals surface area contributed by atoms with E-state index in [4.69, 9.17) is 21.7 Å². The molecular weight excluding hydrogens is 402 g/mol. The summed E-state index contributed by atoms with van der Waals surface area (Å²) >= 11 is 5.53. The highest BCUT2D eigenvalue weighted by molar-refractivity contribution is 7.80. The average molecular weight is 428 g/mol. The molecule has 0 radical (unpaired) electrons. The Morgan fingerprint density at radius 1 is 1.07 bits per heavy atom. The highest BCUT2D eigenvalue weighted by atomic mass is 32.1. The molecule has 1 unspecified atom stereocenters. The van der Waals surface area contributed by atoms with Crippen LogP contribution in [0.25, 0.3) is 0 Å². The predicted octanol–water partition coefficient (Wildman–Crippen LogP) is 2.73. The lowest BCUT2D eigenvalue weighted by molar-refractivity contribution is -0.122. The first-order chi connectivity index (χ1) is 14.5. The summed E-state index contributed by atoms with van der Waals surface area (Å²) in [6.07, 6.45) is 0.0621. The molecule has 1 fully saturated rings. The third kappa shape index (κ3) is 4.54. The maximum Gasteiger partial charge on any atom is 0.257 e. The normalized spacial score (nSPS) is 15.8. The zero-order chi connectivity index (χ0) is 21.7. The summed E-state index contributed by atoms with van der Waals surface area (Å²) < 4.78 is 10.4. The van der Waals surface area contributed by atoms with Gasteiger partial charge in [0.05, 0.1) is 26.3 Å². The first-order valence-corrected chi connectivity index (χ1v) is 10.1. The van der Waals surface area contributed by atoms with Gasteiger partial charge in [-0.1, -0.05) is 12.1 Å². The van der Waals surface area contributed by atoms with Crippen molar-refractivity contribution in [3.63, 3.8) is 0 Å². The first-order valence-electron chi connectivity index (χ1n) is 9.66. The summed E-state index contributed by atoms with van der Waals surface area (Å²) in [7, 11) is 3.17. The number of imide groups is 1. The van der Waals surface area contributed by atoms with Gasteiger partial charge in [-0.25, -0.2) is 4.90 Å². The molecule has 0 spiro atoms. The Bertz CT molecular complexity index is 915. The van der Waals surface area contributed by atoms with Crippen LogP contribution in [0.5, 0.6) is 11.5 Å². The fourth-order valence-corrected chi connectivity index (χ4v) is 3.70. The van der Waals surface area contributed by atoms with E-state index in [0.717, 1.165) is 11.3 Å². The summed E-state index contributed by atoms with van der Waals surface area (Å²) in [6.45, 7) is 2.95. The van der Waals surface area contributed by atoms with Crippen LogP contribution in [0, 0.1) is 0 Å². The lowest BCUT2D eigenvalue weighted by Crippen LogP contribution is -2.49. The number of hydrogen-bond acceptors (Lipinski definition) is 5. The van der Waals surface area contributed by atoms with E-state index in [1.165, 1.54) is 4.90 Å². The molecule has 1 atom stereocenters. The lowest BCUT2D eigenvalue weighted by Gasteiger charge is -2.30. The van der Waals surface area contributed by atoms with Crippen molar-refractivity contribution in [1.82, 2.24) is 10.2 Å². The zero-order valence-corrected chi connectivity index (χ0v) is 18.1. The van der Waals surface area contributed by atoms with Crippen molar-refractivity contribution < 1.29 is 19.1 Å². The van der Waals surface area contributed by atoms with Crippen LogP contribution in [0.15, 0.2) is 48.5 Å². The van der Waals surface area contributed by atoms with Gasteiger partial charge in [0, 0.05) is 13.1 Å². The van der Waals surface area contributed by atoms with E-state index < -0.39 is 6.04 Å². The van der Waals surface area contributed by atoms with Gasteiger partial charge >= 0.3 is 0 Å². The monoisotopic (exact) mass is 427 g/mol. The number of amides is 2. The number of thiocarbonyl (C=S) groups is 1. The molecule has 8 heteroatoms. The number of rotatable bonds is 7. The Morgan fingerprint density at radius 3 is 2.17 bits per heavy atom. The van der Waals surface area contributed by atoms with Gasteiger partial charge in [-0.05, 0) is 61.1 Å². The van der Waals surface area contributed by atoms with Gasteiger partial charge in [-0.2, -0.15) is 0 Å². The first kappa shape index (κ1) is 21.6. The minimum absolute atomic E-state index is 0.0621. The average Bonchev–Trinajstić information content (AvgIpc) is 3.06. The van der Waals surface area contributed by atoms with Gasteiger partial charge in [0.15, 0.2) is 5.11 Å². The molecule has 1 aliphatic rings. The number of benzene rings is 2. The summed E-state index contributed by atoms with van der Waals surface area (Å²) in [4.78, 5) is 29.0. The van der Waals surface area contributed by atoms with Crippen LogP contribution in [-0.4, -0.2) is 48.6 Å². The molecule has 2 aromatic carbocycles. The minimum Gasteiger partial charge on any atom is -0.497 e. The van der Waals surface area contributed by atoms with Gasteiger partial charge in [-0.3, -0.25) is 9.59 Å². The van der Waals surface area contributed by atoms with E-state index in [1.54, 1.807) is 43.4 Å².